The Balaban J connectivity index is 2.70. The van der Waals surface area contributed by atoms with E-state index in [1.807, 2.05) is 0 Å². The maximum absolute atomic E-state index is 13.2. The van der Waals surface area contributed by atoms with Crippen LogP contribution in [-0.4, -0.2) is 6.29 Å². The van der Waals surface area contributed by atoms with Crippen molar-refractivity contribution in [3.8, 4) is 11.1 Å². The van der Waals surface area contributed by atoms with Gasteiger partial charge in [0.2, 0.25) is 0 Å². The topological polar surface area (TPSA) is 17.1 Å². The Kier molecular flexibility index (Phi) is 3.46. The summed E-state index contributed by atoms with van der Waals surface area (Å²) in [4.78, 5) is 10.9. The van der Waals surface area contributed by atoms with E-state index in [4.69, 9.17) is 23.2 Å². The van der Waals surface area contributed by atoms with Gasteiger partial charge in [-0.05, 0) is 42.0 Å². The number of benzene rings is 2. The van der Waals surface area contributed by atoms with Crippen LogP contribution in [0.4, 0.5) is 4.39 Å². The fraction of sp³-hybridized carbons (Fsp3) is 0. The van der Waals surface area contributed by atoms with Gasteiger partial charge in [-0.15, -0.1) is 0 Å². The van der Waals surface area contributed by atoms with E-state index in [0.717, 1.165) is 0 Å². The third kappa shape index (κ3) is 2.48. The van der Waals surface area contributed by atoms with Gasteiger partial charge in [-0.3, -0.25) is 4.79 Å². The molecule has 0 fully saturated rings. The van der Waals surface area contributed by atoms with Crippen LogP contribution < -0.4 is 0 Å². The normalized spacial score (nSPS) is 10.3. The Bertz CT molecular complexity index is 582. The monoisotopic (exact) mass is 268 g/mol. The van der Waals surface area contributed by atoms with Crippen LogP contribution in [0.3, 0.4) is 0 Å². The lowest BCUT2D eigenvalue weighted by atomic mass is 10.0. The first-order valence-electron chi connectivity index (χ1n) is 4.82. The van der Waals surface area contributed by atoms with Gasteiger partial charge in [0.25, 0.3) is 0 Å². The van der Waals surface area contributed by atoms with Gasteiger partial charge in [0.1, 0.15) is 5.82 Å². The van der Waals surface area contributed by atoms with Crippen molar-refractivity contribution in [2.45, 2.75) is 0 Å². The summed E-state index contributed by atoms with van der Waals surface area (Å²) < 4.78 is 13.2. The molecule has 0 spiro atoms. The second-order valence-electron chi connectivity index (χ2n) is 3.47. The van der Waals surface area contributed by atoms with Gasteiger partial charge < -0.3 is 0 Å². The number of aldehydes is 1. The van der Waals surface area contributed by atoms with Crippen LogP contribution in [-0.2, 0) is 0 Å². The predicted octanol–water partition coefficient (Wildman–Crippen LogP) is 4.61. The van der Waals surface area contributed by atoms with Crippen LogP contribution in [0.1, 0.15) is 10.4 Å². The predicted molar refractivity (Wildman–Crippen MR) is 67.2 cm³/mol. The van der Waals surface area contributed by atoms with E-state index in [2.05, 4.69) is 0 Å². The number of carbonyl (C=O) groups excluding carboxylic acids is 1. The summed E-state index contributed by atoms with van der Waals surface area (Å²) in [7, 11) is 0. The molecule has 0 aliphatic rings. The lowest BCUT2D eigenvalue weighted by Gasteiger charge is -2.08. The van der Waals surface area contributed by atoms with Crippen LogP contribution in [0.5, 0.6) is 0 Å². The minimum Gasteiger partial charge on any atom is -0.298 e. The number of hydrogen-bond donors (Lipinski definition) is 0. The molecule has 0 saturated carbocycles. The quantitative estimate of drug-likeness (QED) is 0.727. The Morgan fingerprint density at radius 3 is 2.47 bits per heavy atom. The fourth-order valence-corrected chi connectivity index (χ4v) is 1.96. The molecule has 2 aromatic carbocycles. The molecular formula is C13H7Cl2FO. The van der Waals surface area contributed by atoms with Crippen molar-refractivity contribution in [2.75, 3.05) is 0 Å². The molecule has 0 N–H and O–H groups in total. The van der Waals surface area contributed by atoms with Crippen LogP contribution in [0.2, 0.25) is 10.0 Å². The highest BCUT2D eigenvalue weighted by molar-refractivity contribution is 6.34. The minimum atomic E-state index is -0.416. The van der Waals surface area contributed by atoms with Gasteiger partial charge in [-0.1, -0.05) is 23.2 Å². The Morgan fingerprint density at radius 2 is 1.76 bits per heavy atom. The molecule has 0 aromatic heterocycles. The fourth-order valence-electron chi connectivity index (χ4n) is 1.57. The van der Waals surface area contributed by atoms with Crippen LogP contribution in [0.15, 0.2) is 36.4 Å². The molecule has 86 valence electrons. The van der Waals surface area contributed by atoms with Gasteiger partial charge in [0, 0.05) is 21.2 Å². The molecule has 0 bridgehead atoms. The second-order valence-corrected chi connectivity index (χ2v) is 4.32. The van der Waals surface area contributed by atoms with E-state index in [9.17, 15) is 9.18 Å². The molecule has 4 heteroatoms. The minimum absolute atomic E-state index is 0.372. The van der Waals surface area contributed by atoms with Crippen LogP contribution in [0.25, 0.3) is 11.1 Å². The van der Waals surface area contributed by atoms with E-state index >= 15 is 0 Å². The van der Waals surface area contributed by atoms with Gasteiger partial charge in [0.15, 0.2) is 6.29 Å². The maximum Gasteiger partial charge on any atom is 0.150 e. The highest BCUT2D eigenvalue weighted by atomic mass is 35.5. The van der Waals surface area contributed by atoms with Crippen molar-refractivity contribution < 1.29 is 9.18 Å². The third-order valence-corrected chi connectivity index (χ3v) is 2.93. The molecule has 0 heterocycles. The third-order valence-electron chi connectivity index (χ3n) is 2.36. The van der Waals surface area contributed by atoms with E-state index < -0.39 is 5.82 Å². The lowest BCUT2D eigenvalue weighted by Crippen LogP contribution is -1.89. The SMILES string of the molecule is O=Cc1ccc(Cl)cc1-c1cc(F)ccc1Cl. The number of halogens is 3. The summed E-state index contributed by atoms with van der Waals surface area (Å²) in [6, 6.07) is 8.75. The van der Waals surface area contributed by atoms with Gasteiger partial charge in [-0.25, -0.2) is 4.39 Å². The number of hydrogen-bond acceptors (Lipinski definition) is 1. The van der Waals surface area contributed by atoms with Crippen molar-refractivity contribution >= 4 is 29.5 Å². The molecule has 0 aliphatic carbocycles. The van der Waals surface area contributed by atoms with Gasteiger partial charge in [0.05, 0.1) is 0 Å². The molecule has 0 unspecified atom stereocenters. The molecule has 2 aromatic rings. The number of rotatable bonds is 2. The maximum atomic E-state index is 13.2. The molecule has 17 heavy (non-hydrogen) atoms. The van der Waals surface area contributed by atoms with Gasteiger partial charge in [-0.2, -0.15) is 0 Å². The standard InChI is InChI=1S/C13H7Cl2FO/c14-9-2-1-8(7-17)11(5-9)12-6-10(16)3-4-13(12)15/h1-7H. The summed E-state index contributed by atoms with van der Waals surface area (Å²) in [5, 5.41) is 0.836. The number of carbonyl (C=O) groups is 1. The molecular weight excluding hydrogens is 262 g/mol. The zero-order valence-electron chi connectivity index (χ0n) is 8.58. The largest absolute Gasteiger partial charge is 0.298 e. The van der Waals surface area contributed by atoms with Crippen molar-refractivity contribution in [1.82, 2.24) is 0 Å². The summed E-state index contributed by atoms with van der Waals surface area (Å²) in [6.45, 7) is 0. The van der Waals surface area contributed by atoms with Gasteiger partial charge >= 0.3 is 0 Å². The smallest absolute Gasteiger partial charge is 0.150 e. The van der Waals surface area contributed by atoms with Crippen molar-refractivity contribution in [1.29, 1.82) is 0 Å². The molecule has 0 aliphatic heterocycles. The highest BCUT2D eigenvalue weighted by Crippen LogP contribution is 2.32. The Morgan fingerprint density at radius 1 is 1.00 bits per heavy atom. The summed E-state index contributed by atoms with van der Waals surface area (Å²) in [6.07, 6.45) is 0.687. The van der Waals surface area contributed by atoms with E-state index in [0.29, 0.717) is 33.0 Å². The zero-order valence-corrected chi connectivity index (χ0v) is 10.1. The first kappa shape index (κ1) is 12.1. The average molecular weight is 269 g/mol. The Hall–Kier alpha value is -1.38. The molecule has 0 radical (unpaired) electrons. The van der Waals surface area contributed by atoms with E-state index in [1.165, 1.54) is 18.2 Å². The molecule has 1 nitrogen and oxygen atoms in total. The Labute approximate surface area is 108 Å². The average Bonchev–Trinajstić information content (AvgIpc) is 2.32. The zero-order chi connectivity index (χ0) is 12.4. The molecule has 0 amide bonds. The molecule has 0 saturated heterocycles. The van der Waals surface area contributed by atoms with Crippen molar-refractivity contribution in [3.05, 3.63) is 57.8 Å². The molecule has 0 atom stereocenters. The first-order chi connectivity index (χ1) is 8.11. The highest BCUT2D eigenvalue weighted by Gasteiger charge is 2.10. The summed E-state index contributed by atoms with van der Waals surface area (Å²) in [5.74, 6) is -0.416. The lowest BCUT2D eigenvalue weighted by molar-refractivity contribution is 0.112. The second kappa shape index (κ2) is 4.86. The van der Waals surface area contributed by atoms with Crippen molar-refractivity contribution in [2.24, 2.45) is 0 Å². The van der Waals surface area contributed by atoms with Crippen LogP contribution in [0, 0.1) is 5.82 Å². The summed E-state index contributed by atoms with van der Waals surface area (Å²) in [5.41, 5.74) is 1.40. The first-order valence-corrected chi connectivity index (χ1v) is 5.57. The summed E-state index contributed by atoms with van der Waals surface area (Å²) >= 11 is 11.8. The molecule has 2 rings (SSSR count). The van der Waals surface area contributed by atoms with Crippen molar-refractivity contribution in [3.63, 3.8) is 0 Å². The van der Waals surface area contributed by atoms with E-state index in [1.54, 1.807) is 18.2 Å². The van der Waals surface area contributed by atoms with Crippen LogP contribution >= 0.6 is 23.2 Å². The van der Waals surface area contributed by atoms with E-state index in [-0.39, 0.29) is 0 Å².